The van der Waals surface area contributed by atoms with E-state index < -0.39 is 0 Å². The molecule has 20 heavy (non-hydrogen) atoms. The number of ether oxygens (including phenoxy) is 1. The summed E-state index contributed by atoms with van der Waals surface area (Å²) >= 11 is 0. The van der Waals surface area contributed by atoms with Crippen LogP contribution >= 0.6 is 0 Å². The van der Waals surface area contributed by atoms with Crippen molar-refractivity contribution in [2.45, 2.75) is 52.7 Å². The summed E-state index contributed by atoms with van der Waals surface area (Å²) in [6, 6.07) is 8.26. The molecule has 4 nitrogen and oxygen atoms in total. The van der Waals surface area contributed by atoms with Crippen LogP contribution < -0.4 is 15.4 Å². The monoisotopic (exact) mass is 278 g/mol. The summed E-state index contributed by atoms with van der Waals surface area (Å²) in [5.41, 5.74) is 0.970. The van der Waals surface area contributed by atoms with E-state index in [9.17, 15) is 4.79 Å². The Kier molecular flexibility index (Phi) is 6.02. The lowest BCUT2D eigenvalue weighted by atomic mass is 10.1. The highest BCUT2D eigenvalue weighted by Gasteiger charge is 2.13. The molecule has 0 radical (unpaired) electrons. The van der Waals surface area contributed by atoms with Gasteiger partial charge < -0.3 is 15.4 Å². The second-order valence-electron chi connectivity index (χ2n) is 6.27. The predicted octanol–water partition coefficient (Wildman–Crippen LogP) is 2.48. The topological polar surface area (TPSA) is 50.4 Å². The zero-order chi connectivity index (χ0) is 15.2. The zero-order valence-corrected chi connectivity index (χ0v) is 13.1. The number of hydrogen-bond acceptors (Lipinski definition) is 3. The average molecular weight is 278 g/mol. The molecule has 112 valence electrons. The molecule has 0 aliphatic rings. The predicted molar refractivity (Wildman–Crippen MR) is 81.8 cm³/mol. The van der Waals surface area contributed by atoms with Crippen molar-refractivity contribution in [3.63, 3.8) is 0 Å². The number of carbonyl (C=O) groups excluding carboxylic acids is 1. The SMILES string of the molecule is CC(C)NCc1ccc(OCC(=O)NC(C)(C)C)cc1. The van der Waals surface area contributed by atoms with Crippen molar-refractivity contribution in [2.24, 2.45) is 0 Å². The lowest BCUT2D eigenvalue weighted by Crippen LogP contribution is -2.43. The molecule has 0 aliphatic heterocycles. The number of amides is 1. The van der Waals surface area contributed by atoms with E-state index in [1.807, 2.05) is 45.0 Å². The van der Waals surface area contributed by atoms with E-state index >= 15 is 0 Å². The van der Waals surface area contributed by atoms with Gasteiger partial charge in [0.25, 0.3) is 5.91 Å². The molecule has 1 amide bonds. The summed E-state index contributed by atoms with van der Waals surface area (Å²) in [4.78, 5) is 11.6. The van der Waals surface area contributed by atoms with E-state index in [-0.39, 0.29) is 18.1 Å². The van der Waals surface area contributed by atoms with Crippen LogP contribution in [-0.4, -0.2) is 24.1 Å². The van der Waals surface area contributed by atoms with Gasteiger partial charge in [-0.3, -0.25) is 4.79 Å². The third kappa shape index (κ3) is 7.14. The van der Waals surface area contributed by atoms with Crippen LogP contribution in [0.5, 0.6) is 5.75 Å². The van der Waals surface area contributed by atoms with Crippen molar-refractivity contribution < 1.29 is 9.53 Å². The van der Waals surface area contributed by atoms with Gasteiger partial charge in [0, 0.05) is 18.1 Å². The van der Waals surface area contributed by atoms with Gasteiger partial charge in [-0.05, 0) is 38.5 Å². The molecular weight excluding hydrogens is 252 g/mol. The Hall–Kier alpha value is -1.55. The summed E-state index contributed by atoms with van der Waals surface area (Å²) in [6.07, 6.45) is 0. The molecule has 0 fully saturated rings. The summed E-state index contributed by atoms with van der Waals surface area (Å²) < 4.78 is 5.46. The van der Waals surface area contributed by atoms with Crippen molar-refractivity contribution in [1.82, 2.24) is 10.6 Å². The molecule has 0 spiro atoms. The summed E-state index contributed by atoms with van der Waals surface area (Å²) in [5.74, 6) is 0.602. The van der Waals surface area contributed by atoms with Crippen molar-refractivity contribution in [2.75, 3.05) is 6.61 Å². The first-order valence-corrected chi connectivity index (χ1v) is 7.02. The first kappa shape index (κ1) is 16.5. The van der Waals surface area contributed by atoms with Crippen LogP contribution in [0.15, 0.2) is 24.3 Å². The van der Waals surface area contributed by atoms with Crippen LogP contribution in [0.1, 0.15) is 40.2 Å². The minimum Gasteiger partial charge on any atom is -0.484 e. The molecule has 2 N–H and O–H groups in total. The molecule has 1 aromatic rings. The van der Waals surface area contributed by atoms with Crippen LogP contribution in [0.2, 0.25) is 0 Å². The Balaban J connectivity index is 2.40. The fraction of sp³-hybridized carbons (Fsp3) is 0.562. The van der Waals surface area contributed by atoms with E-state index in [0.717, 1.165) is 6.54 Å². The molecule has 1 rings (SSSR count). The van der Waals surface area contributed by atoms with E-state index in [0.29, 0.717) is 11.8 Å². The van der Waals surface area contributed by atoms with Gasteiger partial charge in [0.15, 0.2) is 6.61 Å². The van der Waals surface area contributed by atoms with Crippen LogP contribution in [0.25, 0.3) is 0 Å². The molecule has 0 saturated carbocycles. The van der Waals surface area contributed by atoms with Gasteiger partial charge in [-0.15, -0.1) is 0 Å². The maximum atomic E-state index is 11.6. The van der Waals surface area contributed by atoms with E-state index in [1.165, 1.54) is 5.56 Å². The molecule has 0 unspecified atom stereocenters. The minimum absolute atomic E-state index is 0.0425. The lowest BCUT2D eigenvalue weighted by molar-refractivity contribution is -0.124. The summed E-state index contributed by atoms with van der Waals surface area (Å²) in [6.45, 7) is 10.9. The highest BCUT2D eigenvalue weighted by Crippen LogP contribution is 2.12. The average Bonchev–Trinajstić information content (AvgIpc) is 2.33. The highest BCUT2D eigenvalue weighted by atomic mass is 16.5. The fourth-order valence-electron chi connectivity index (χ4n) is 1.63. The van der Waals surface area contributed by atoms with Gasteiger partial charge in [-0.1, -0.05) is 26.0 Å². The Morgan fingerprint density at radius 1 is 1.20 bits per heavy atom. The quantitative estimate of drug-likeness (QED) is 0.840. The third-order valence-electron chi connectivity index (χ3n) is 2.52. The van der Waals surface area contributed by atoms with Crippen molar-refractivity contribution in [1.29, 1.82) is 0 Å². The molecule has 1 aromatic carbocycles. The van der Waals surface area contributed by atoms with E-state index in [4.69, 9.17) is 4.74 Å². The van der Waals surface area contributed by atoms with Gasteiger partial charge in [-0.2, -0.15) is 0 Å². The summed E-state index contributed by atoms with van der Waals surface area (Å²) in [5, 5.41) is 6.21. The Morgan fingerprint density at radius 2 is 1.80 bits per heavy atom. The first-order chi connectivity index (χ1) is 9.26. The Morgan fingerprint density at radius 3 is 2.30 bits per heavy atom. The minimum atomic E-state index is -0.229. The number of carbonyl (C=O) groups is 1. The number of benzene rings is 1. The van der Waals surface area contributed by atoms with Crippen molar-refractivity contribution in [3.8, 4) is 5.75 Å². The highest BCUT2D eigenvalue weighted by molar-refractivity contribution is 5.78. The third-order valence-corrected chi connectivity index (χ3v) is 2.52. The van der Waals surface area contributed by atoms with Crippen molar-refractivity contribution >= 4 is 5.91 Å². The molecule has 0 aromatic heterocycles. The number of hydrogen-bond donors (Lipinski definition) is 2. The molecule has 0 atom stereocenters. The van der Waals surface area contributed by atoms with Crippen LogP contribution in [0.4, 0.5) is 0 Å². The normalized spacial score (nSPS) is 11.5. The lowest BCUT2D eigenvalue weighted by Gasteiger charge is -2.20. The van der Waals surface area contributed by atoms with Crippen LogP contribution in [-0.2, 0) is 11.3 Å². The molecule has 0 aliphatic carbocycles. The summed E-state index contributed by atoms with van der Waals surface area (Å²) in [7, 11) is 0. The molecular formula is C16H26N2O2. The Bertz CT molecular complexity index is 419. The van der Waals surface area contributed by atoms with Gasteiger partial charge in [0.05, 0.1) is 0 Å². The maximum Gasteiger partial charge on any atom is 0.258 e. The van der Waals surface area contributed by atoms with Crippen LogP contribution in [0.3, 0.4) is 0 Å². The van der Waals surface area contributed by atoms with Crippen molar-refractivity contribution in [3.05, 3.63) is 29.8 Å². The molecule has 4 heteroatoms. The smallest absolute Gasteiger partial charge is 0.258 e. The fourth-order valence-corrected chi connectivity index (χ4v) is 1.63. The van der Waals surface area contributed by atoms with Crippen LogP contribution in [0, 0.1) is 0 Å². The van der Waals surface area contributed by atoms with E-state index in [1.54, 1.807) is 0 Å². The number of nitrogens with one attached hydrogen (secondary N) is 2. The van der Waals surface area contributed by atoms with Gasteiger partial charge in [0.2, 0.25) is 0 Å². The largest absolute Gasteiger partial charge is 0.484 e. The van der Waals surface area contributed by atoms with Gasteiger partial charge in [0.1, 0.15) is 5.75 Å². The number of rotatable bonds is 6. The standard InChI is InChI=1S/C16H26N2O2/c1-12(2)17-10-13-6-8-14(9-7-13)20-11-15(19)18-16(3,4)5/h6-9,12,17H,10-11H2,1-5H3,(H,18,19). The zero-order valence-electron chi connectivity index (χ0n) is 13.1. The first-order valence-electron chi connectivity index (χ1n) is 7.02. The maximum absolute atomic E-state index is 11.6. The molecule has 0 bridgehead atoms. The van der Waals surface area contributed by atoms with E-state index in [2.05, 4.69) is 24.5 Å². The molecule has 0 saturated heterocycles. The second-order valence-corrected chi connectivity index (χ2v) is 6.27. The van der Waals surface area contributed by atoms with Gasteiger partial charge in [-0.25, -0.2) is 0 Å². The Labute approximate surface area is 121 Å². The second kappa shape index (κ2) is 7.29. The molecule has 0 heterocycles. The van der Waals surface area contributed by atoms with Gasteiger partial charge >= 0.3 is 0 Å².